The van der Waals surface area contributed by atoms with Gasteiger partial charge in [0.2, 0.25) is 0 Å². The first kappa shape index (κ1) is 25.0. The van der Waals surface area contributed by atoms with Crippen LogP contribution in [0.4, 0.5) is 11.5 Å². The normalized spacial score (nSPS) is 17.7. The Bertz CT molecular complexity index is 1590. The van der Waals surface area contributed by atoms with E-state index in [-0.39, 0.29) is 11.6 Å². The fourth-order valence-corrected chi connectivity index (χ4v) is 9.42. The van der Waals surface area contributed by atoms with Gasteiger partial charge in [0.1, 0.15) is 0 Å². The van der Waals surface area contributed by atoms with Crippen LogP contribution in [0.3, 0.4) is 0 Å². The molecule has 2 aliphatic heterocycles. The molecule has 1 atom stereocenters. The van der Waals surface area contributed by atoms with Gasteiger partial charge in [0.15, 0.2) is 0 Å². The number of ether oxygens (including phenoxy) is 1. The first-order valence-electron chi connectivity index (χ1n) is 12.7. The number of nitrogens with one attached hydrogen (secondary N) is 1. The summed E-state index contributed by atoms with van der Waals surface area (Å²) >= 11 is -0.836. The molecule has 9 heteroatoms. The Morgan fingerprint density at radius 2 is 1.87 bits per heavy atom. The molecule has 198 valence electrons. The summed E-state index contributed by atoms with van der Waals surface area (Å²) in [6.07, 6.45) is 2.09. The number of aromatic nitrogens is 5. The topological polar surface area (TPSA) is 73.0 Å². The average Bonchev–Trinajstić information content (AvgIpc) is 3.46. The van der Waals surface area contributed by atoms with Gasteiger partial charge in [-0.2, -0.15) is 0 Å². The van der Waals surface area contributed by atoms with Crippen LogP contribution < -0.4 is 10.2 Å². The Kier molecular flexibility index (Phi) is 5.82. The SMILES string of the molecule is C=C(Nc1cn(C)c2c1C(=C)N(c1cc(C)c3nnn(C)c3n1)C2c1ccc(I2CC2)cc1)OC(C)(C)C. The van der Waals surface area contributed by atoms with Crippen molar-refractivity contribution < 1.29 is 4.74 Å². The zero-order valence-electron chi connectivity index (χ0n) is 22.8. The van der Waals surface area contributed by atoms with Crippen LogP contribution in [0, 0.1) is 10.5 Å². The number of nitrogens with zero attached hydrogens (tertiary/aromatic N) is 6. The van der Waals surface area contributed by atoms with E-state index in [4.69, 9.17) is 9.72 Å². The number of rotatable bonds is 6. The van der Waals surface area contributed by atoms with Crippen molar-refractivity contribution >= 4 is 48.2 Å². The molecule has 0 radical (unpaired) electrons. The van der Waals surface area contributed by atoms with E-state index in [1.165, 1.54) is 14.4 Å². The van der Waals surface area contributed by atoms with Crippen LogP contribution in [0.25, 0.3) is 16.9 Å². The zero-order valence-corrected chi connectivity index (χ0v) is 25.0. The summed E-state index contributed by atoms with van der Waals surface area (Å²) in [5.41, 5.74) is 7.44. The van der Waals surface area contributed by atoms with E-state index >= 15 is 0 Å². The monoisotopic (exact) mass is 623 g/mol. The molecular formula is C29H34IN7O. The van der Waals surface area contributed by atoms with Gasteiger partial charge in [-0.3, -0.25) is 0 Å². The predicted molar refractivity (Wildman–Crippen MR) is 162 cm³/mol. The molecule has 3 aromatic heterocycles. The van der Waals surface area contributed by atoms with Gasteiger partial charge in [0.25, 0.3) is 0 Å². The molecule has 6 rings (SSSR count). The van der Waals surface area contributed by atoms with Gasteiger partial charge in [-0.15, -0.1) is 0 Å². The fourth-order valence-electron chi connectivity index (χ4n) is 5.23. The molecule has 38 heavy (non-hydrogen) atoms. The number of anilines is 2. The molecule has 1 aromatic carbocycles. The van der Waals surface area contributed by atoms with Gasteiger partial charge in [-0.25, -0.2) is 0 Å². The summed E-state index contributed by atoms with van der Waals surface area (Å²) in [6, 6.07) is 11.3. The Morgan fingerprint density at radius 1 is 1.16 bits per heavy atom. The summed E-state index contributed by atoms with van der Waals surface area (Å²) in [7, 11) is 3.96. The number of halogens is 1. The number of hydrogen-bond donors (Lipinski definition) is 1. The number of hydrogen-bond acceptors (Lipinski definition) is 6. The average molecular weight is 624 g/mol. The summed E-state index contributed by atoms with van der Waals surface area (Å²) in [5, 5.41) is 11.9. The van der Waals surface area contributed by atoms with Crippen molar-refractivity contribution in [2.24, 2.45) is 14.1 Å². The summed E-state index contributed by atoms with van der Waals surface area (Å²) < 4.78 is 14.4. The quantitative estimate of drug-likeness (QED) is 0.162. The van der Waals surface area contributed by atoms with E-state index in [9.17, 15) is 0 Å². The molecule has 0 aliphatic carbocycles. The summed E-state index contributed by atoms with van der Waals surface area (Å²) in [5.74, 6) is 1.33. The van der Waals surface area contributed by atoms with Gasteiger partial charge in [0.05, 0.1) is 0 Å². The number of fused-ring (bicyclic) bond motifs is 2. The van der Waals surface area contributed by atoms with Crippen LogP contribution in [0.15, 0.2) is 55.6 Å². The number of pyridine rings is 1. The first-order valence-corrected chi connectivity index (χ1v) is 16.9. The molecule has 2 aliphatic rings. The molecule has 4 aromatic rings. The van der Waals surface area contributed by atoms with Gasteiger partial charge in [-0.05, 0) is 20.8 Å². The second-order valence-corrected chi connectivity index (χ2v) is 17.0. The molecule has 0 spiro atoms. The van der Waals surface area contributed by atoms with Crippen molar-refractivity contribution in [1.29, 1.82) is 0 Å². The fraction of sp³-hybridized carbons (Fsp3) is 0.345. The molecule has 1 fully saturated rings. The molecule has 1 unspecified atom stereocenters. The maximum atomic E-state index is 6.00. The van der Waals surface area contributed by atoms with E-state index in [0.29, 0.717) is 5.88 Å². The van der Waals surface area contributed by atoms with Gasteiger partial charge >= 0.3 is 211 Å². The van der Waals surface area contributed by atoms with Crippen molar-refractivity contribution in [2.75, 3.05) is 19.1 Å². The number of alkyl halides is 2. The second-order valence-electron chi connectivity index (χ2n) is 11.0. The van der Waals surface area contributed by atoms with Gasteiger partial charge < -0.3 is 0 Å². The van der Waals surface area contributed by atoms with Gasteiger partial charge in [-0.1, -0.05) is 0 Å². The van der Waals surface area contributed by atoms with Crippen LogP contribution in [-0.2, 0) is 18.8 Å². The summed E-state index contributed by atoms with van der Waals surface area (Å²) in [4.78, 5) is 7.27. The smallest absolute Gasteiger partial charge is 0.0254 e. The third-order valence-electron chi connectivity index (χ3n) is 6.88. The summed E-state index contributed by atoms with van der Waals surface area (Å²) in [6.45, 7) is 16.8. The standard InChI is InChI=1S/C29H34IN7O/c1-17-15-23(32-28-25(17)33-34-36(28)8)37-18(2)24-22(31-19(3)38-29(4,5)6)16-35(7)27(24)26(37)20-9-11-21(12-10-20)30-13-14-30/h9-12,15-16,26,31H,2-3,13-14H2,1,4-8H3. The Labute approximate surface area is 230 Å². The van der Waals surface area contributed by atoms with Crippen LogP contribution in [0.1, 0.15) is 49.2 Å². The minimum Gasteiger partial charge on any atom is -0.0254 e. The first-order chi connectivity index (χ1) is 18.0. The van der Waals surface area contributed by atoms with E-state index in [2.05, 4.69) is 88.8 Å². The molecule has 8 nitrogen and oxygen atoms in total. The van der Waals surface area contributed by atoms with Crippen molar-refractivity contribution in [3.05, 3.63) is 81.5 Å². The molecule has 1 N–H and O–H groups in total. The van der Waals surface area contributed by atoms with E-state index in [1.807, 2.05) is 27.8 Å². The molecule has 5 heterocycles. The Morgan fingerprint density at radius 3 is 2.53 bits per heavy atom. The van der Waals surface area contributed by atoms with Crippen molar-refractivity contribution in [2.45, 2.75) is 39.3 Å². The zero-order chi connectivity index (χ0) is 26.9. The van der Waals surface area contributed by atoms with Crippen molar-refractivity contribution in [1.82, 2.24) is 24.5 Å². The Balaban J connectivity index is 1.48. The minimum absolute atomic E-state index is 0.0857. The van der Waals surface area contributed by atoms with Gasteiger partial charge in [0, 0.05) is 0 Å². The molecule has 0 saturated carbocycles. The maximum absolute atomic E-state index is 6.00. The Hall–Kier alpha value is -3.34. The van der Waals surface area contributed by atoms with Crippen LogP contribution in [-0.4, -0.2) is 39.0 Å². The van der Waals surface area contributed by atoms with E-state index in [1.54, 1.807) is 8.25 Å². The molecular weight excluding hydrogens is 589 g/mol. The molecule has 1 saturated heterocycles. The third kappa shape index (κ3) is 4.26. The van der Waals surface area contributed by atoms with E-state index in [0.717, 1.165) is 45.2 Å². The second kappa shape index (κ2) is 8.86. The minimum atomic E-state index is -0.836. The predicted octanol–water partition coefficient (Wildman–Crippen LogP) is 5.98. The number of benzene rings is 1. The van der Waals surface area contributed by atoms with Crippen molar-refractivity contribution in [3.63, 3.8) is 0 Å². The molecule has 0 bridgehead atoms. The third-order valence-corrected chi connectivity index (χ3v) is 11.5. The van der Waals surface area contributed by atoms with Crippen LogP contribution in [0.2, 0.25) is 0 Å². The molecule has 0 amide bonds. The number of aryl methyl sites for hydroxylation is 3. The van der Waals surface area contributed by atoms with E-state index < -0.39 is 19.8 Å². The van der Waals surface area contributed by atoms with Crippen LogP contribution in [0.5, 0.6) is 0 Å². The van der Waals surface area contributed by atoms with Crippen molar-refractivity contribution in [3.8, 4) is 0 Å². The van der Waals surface area contributed by atoms with Crippen LogP contribution >= 0.6 is 19.8 Å².